The number of nitrogens with one attached hydrogen (secondary N) is 2. The van der Waals surface area contributed by atoms with Gasteiger partial charge in [0.15, 0.2) is 9.84 Å². The maximum absolute atomic E-state index is 13.0. The summed E-state index contributed by atoms with van der Waals surface area (Å²) in [6.07, 6.45) is 2.03. The molecule has 176 valence electrons. The number of rotatable bonds is 8. The molecule has 10 heteroatoms. The van der Waals surface area contributed by atoms with Crippen LogP contribution in [0.25, 0.3) is 0 Å². The second-order valence-electron chi connectivity index (χ2n) is 8.10. The molecule has 9 nitrogen and oxygen atoms in total. The van der Waals surface area contributed by atoms with Gasteiger partial charge in [-0.2, -0.15) is 0 Å². The molecule has 2 aromatic rings. The summed E-state index contributed by atoms with van der Waals surface area (Å²) in [7, 11) is -3.14. The van der Waals surface area contributed by atoms with Gasteiger partial charge in [-0.05, 0) is 31.0 Å². The molecule has 0 saturated carbocycles. The van der Waals surface area contributed by atoms with Crippen molar-refractivity contribution < 1.29 is 27.2 Å². The SMILES string of the molecule is CCOC(=O)C1=C(CN(Cc2ccco2)[C@H]2CCS(=O)(=O)C2)NC(=O)N[C@@H]1c1ccccc1. The van der Waals surface area contributed by atoms with Crippen molar-refractivity contribution in [2.45, 2.75) is 32.0 Å². The highest BCUT2D eigenvalue weighted by molar-refractivity contribution is 7.91. The third-order valence-corrected chi connectivity index (χ3v) is 7.56. The number of hydrogen-bond donors (Lipinski definition) is 2. The number of carbonyl (C=O) groups excluding carboxylic acids is 2. The van der Waals surface area contributed by atoms with Gasteiger partial charge in [-0.15, -0.1) is 0 Å². The molecular formula is C23H27N3O6S. The van der Waals surface area contributed by atoms with Crippen LogP contribution in [-0.2, 0) is 25.9 Å². The summed E-state index contributed by atoms with van der Waals surface area (Å²) in [4.78, 5) is 27.5. The zero-order chi connectivity index (χ0) is 23.4. The molecule has 2 aliphatic heterocycles. The van der Waals surface area contributed by atoms with Crippen molar-refractivity contribution >= 4 is 21.8 Å². The molecule has 1 saturated heterocycles. The number of nitrogens with zero attached hydrogens (tertiary/aromatic N) is 1. The zero-order valence-corrected chi connectivity index (χ0v) is 19.1. The molecule has 33 heavy (non-hydrogen) atoms. The van der Waals surface area contributed by atoms with E-state index in [0.717, 1.165) is 5.56 Å². The molecule has 0 radical (unpaired) electrons. The van der Waals surface area contributed by atoms with Gasteiger partial charge < -0.3 is 19.8 Å². The van der Waals surface area contributed by atoms with Crippen LogP contribution in [0.15, 0.2) is 64.4 Å². The minimum Gasteiger partial charge on any atom is -0.468 e. The molecule has 2 aliphatic rings. The first-order valence-corrected chi connectivity index (χ1v) is 12.7. The Hall–Kier alpha value is -3.11. The minimum atomic E-state index is -3.14. The Morgan fingerprint density at radius 1 is 1.18 bits per heavy atom. The first-order valence-electron chi connectivity index (χ1n) is 10.9. The van der Waals surface area contributed by atoms with Crippen LogP contribution >= 0.6 is 0 Å². The molecule has 2 amide bonds. The molecule has 0 spiro atoms. The Balaban J connectivity index is 1.73. The van der Waals surface area contributed by atoms with Gasteiger partial charge in [-0.3, -0.25) is 4.90 Å². The van der Waals surface area contributed by atoms with Gasteiger partial charge in [-0.25, -0.2) is 18.0 Å². The Morgan fingerprint density at radius 3 is 2.61 bits per heavy atom. The van der Waals surface area contributed by atoms with Gasteiger partial charge in [0.2, 0.25) is 0 Å². The predicted molar refractivity (Wildman–Crippen MR) is 121 cm³/mol. The summed E-state index contributed by atoms with van der Waals surface area (Å²) in [5.41, 5.74) is 1.43. The van der Waals surface area contributed by atoms with Crippen molar-refractivity contribution in [3.05, 3.63) is 71.3 Å². The minimum absolute atomic E-state index is 0.0179. The number of sulfone groups is 1. The van der Waals surface area contributed by atoms with E-state index in [-0.39, 0.29) is 30.7 Å². The standard InChI is InChI=1S/C23H27N3O6S/c1-2-31-22(27)20-19(24-23(28)25-21(20)16-7-4-3-5-8-16)14-26(13-18-9-6-11-32-18)17-10-12-33(29,30)15-17/h3-9,11,17,21H,2,10,12-15H2,1H3,(H2,24,25,28)/t17-,21+/m0/s1. The molecule has 3 heterocycles. The molecule has 0 unspecified atom stereocenters. The lowest BCUT2D eigenvalue weighted by Crippen LogP contribution is -2.49. The number of amides is 2. The third kappa shape index (κ3) is 5.45. The van der Waals surface area contributed by atoms with E-state index in [1.807, 2.05) is 41.3 Å². The normalized spacial score (nSPS) is 22.2. The molecule has 1 aromatic heterocycles. The lowest BCUT2D eigenvalue weighted by atomic mass is 9.95. The molecule has 1 fully saturated rings. The Bertz CT molecular complexity index is 1130. The van der Waals surface area contributed by atoms with Crippen LogP contribution in [-0.4, -0.2) is 56.0 Å². The van der Waals surface area contributed by atoms with Crippen LogP contribution in [0.2, 0.25) is 0 Å². The number of furan rings is 1. The zero-order valence-electron chi connectivity index (χ0n) is 18.3. The van der Waals surface area contributed by atoms with Gasteiger partial charge in [0.25, 0.3) is 0 Å². The fourth-order valence-corrected chi connectivity index (χ4v) is 6.03. The van der Waals surface area contributed by atoms with Crippen LogP contribution in [0.1, 0.15) is 30.7 Å². The third-order valence-electron chi connectivity index (χ3n) is 5.81. The maximum atomic E-state index is 13.0. The van der Waals surface area contributed by atoms with Crippen LogP contribution < -0.4 is 10.6 Å². The molecule has 0 bridgehead atoms. The van der Waals surface area contributed by atoms with Gasteiger partial charge >= 0.3 is 12.0 Å². The van der Waals surface area contributed by atoms with Crippen LogP contribution in [0.5, 0.6) is 0 Å². The van der Waals surface area contributed by atoms with Crippen LogP contribution in [0.4, 0.5) is 4.79 Å². The quantitative estimate of drug-likeness (QED) is 0.564. The van der Waals surface area contributed by atoms with E-state index in [0.29, 0.717) is 30.0 Å². The number of urea groups is 1. The summed E-state index contributed by atoms with van der Waals surface area (Å²) in [5.74, 6) is 0.254. The summed E-state index contributed by atoms with van der Waals surface area (Å²) in [5, 5.41) is 5.58. The van der Waals surface area contributed by atoms with Crippen molar-refractivity contribution in [2.24, 2.45) is 0 Å². The second-order valence-corrected chi connectivity index (χ2v) is 10.3. The fraction of sp³-hybridized carbons (Fsp3) is 0.391. The molecule has 2 N–H and O–H groups in total. The highest BCUT2D eigenvalue weighted by Crippen LogP contribution is 2.29. The first kappa shape index (κ1) is 23.1. The van der Waals surface area contributed by atoms with Crippen molar-refractivity contribution in [2.75, 3.05) is 24.7 Å². The van der Waals surface area contributed by atoms with E-state index < -0.39 is 27.9 Å². The average Bonchev–Trinajstić information content (AvgIpc) is 3.42. The monoisotopic (exact) mass is 473 g/mol. The highest BCUT2D eigenvalue weighted by atomic mass is 32.2. The molecule has 0 aliphatic carbocycles. The average molecular weight is 474 g/mol. The van der Waals surface area contributed by atoms with Crippen molar-refractivity contribution in [1.82, 2.24) is 15.5 Å². The summed E-state index contributed by atoms with van der Waals surface area (Å²) >= 11 is 0. The Morgan fingerprint density at radius 2 is 1.97 bits per heavy atom. The molecule has 4 rings (SSSR count). The van der Waals surface area contributed by atoms with Gasteiger partial charge in [0, 0.05) is 18.3 Å². The smallest absolute Gasteiger partial charge is 0.338 e. The molecule has 2 atom stereocenters. The van der Waals surface area contributed by atoms with Crippen molar-refractivity contribution in [3.8, 4) is 0 Å². The van der Waals surface area contributed by atoms with Crippen LogP contribution in [0.3, 0.4) is 0 Å². The van der Waals surface area contributed by atoms with E-state index in [1.54, 1.807) is 19.3 Å². The van der Waals surface area contributed by atoms with E-state index in [4.69, 9.17) is 9.15 Å². The highest BCUT2D eigenvalue weighted by Gasteiger charge is 2.37. The van der Waals surface area contributed by atoms with E-state index in [1.165, 1.54) is 0 Å². The maximum Gasteiger partial charge on any atom is 0.338 e. The first-order chi connectivity index (χ1) is 15.9. The van der Waals surface area contributed by atoms with Crippen molar-refractivity contribution in [1.29, 1.82) is 0 Å². The van der Waals surface area contributed by atoms with Gasteiger partial charge in [0.05, 0.1) is 42.5 Å². The lowest BCUT2D eigenvalue weighted by molar-refractivity contribution is -0.139. The van der Waals surface area contributed by atoms with Crippen LogP contribution in [0, 0.1) is 0 Å². The number of carbonyl (C=O) groups is 2. The van der Waals surface area contributed by atoms with Gasteiger partial charge in [-0.1, -0.05) is 30.3 Å². The van der Waals surface area contributed by atoms with E-state index in [2.05, 4.69) is 10.6 Å². The lowest BCUT2D eigenvalue weighted by Gasteiger charge is -2.34. The Kier molecular flexibility index (Phi) is 6.85. The number of ether oxygens (including phenoxy) is 1. The largest absolute Gasteiger partial charge is 0.468 e. The summed E-state index contributed by atoms with van der Waals surface area (Å²) < 4.78 is 35.2. The predicted octanol–water partition coefficient (Wildman–Crippen LogP) is 2.14. The summed E-state index contributed by atoms with van der Waals surface area (Å²) in [6, 6.07) is 11.4. The van der Waals surface area contributed by atoms with Crippen molar-refractivity contribution in [3.63, 3.8) is 0 Å². The number of esters is 1. The topological polar surface area (TPSA) is 118 Å². The van der Waals surface area contributed by atoms with Gasteiger partial charge in [0.1, 0.15) is 5.76 Å². The Labute approximate surface area is 192 Å². The number of hydrogen-bond acceptors (Lipinski definition) is 7. The molecular weight excluding hydrogens is 446 g/mol. The summed E-state index contributed by atoms with van der Waals surface area (Å²) in [6.45, 7) is 2.40. The second kappa shape index (κ2) is 9.80. The fourth-order valence-electron chi connectivity index (χ4n) is 4.27. The number of benzene rings is 1. The van der Waals surface area contributed by atoms with E-state index in [9.17, 15) is 18.0 Å². The van der Waals surface area contributed by atoms with E-state index >= 15 is 0 Å². The molecule has 1 aromatic carbocycles.